The Labute approximate surface area is 111 Å². The molecule has 0 saturated carbocycles. The van der Waals surface area contributed by atoms with Crippen LogP contribution in [0.1, 0.15) is 37.5 Å². The van der Waals surface area contributed by atoms with Crippen molar-refractivity contribution in [2.45, 2.75) is 39.7 Å². The van der Waals surface area contributed by atoms with Crippen molar-refractivity contribution in [1.29, 1.82) is 0 Å². The van der Waals surface area contributed by atoms with Crippen LogP contribution in [0.4, 0.5) is 0 Å². The Hall–Kier alpha value is -0.860. The average Bonchev–Trinajstić information content (AvgIpc) is 2.32. The van der Waals surface area contributed by atoms with E-state index in [9.17, 15) is 0 Å². The minimum Gasteiger partial charge on any atom is -0.314 e. The van der Waals surface area contributed by atoms with Crippen LogP contribution >= 0.6 is 0 Å². The van der Waals surface area contributed by atoms with E-state index < -0.39 is 0 Å². The van der Waals surface area contributed by atoms with Gasteiger partial charge in [-0.2, -0.15) is 0 Å². The molecule has 0 aliphatic carbocycles. The summed E-state index contributed by atoms with van der Waals surface area (Å²) in [6.45, 7) is 14.8. The van der Waals surface area contributed by atoms with Gasteiger partial charge < -0.3 is 5.32 Å². The van der Waals surface area contributed by atoms with E-state index in [1.54, 1.807) is 0 Å². The van der Waals surface area contributed by atoms with Gasteiger partial charge in [-0.3, -0.25) is 4.90 Å². The first-order valence-electron chi connectivity index (χ1n) is 7.00. The molecular weight excluding hydrogens is 220 g/mol. The second-order valence-corrected chi connectivity index (χ2v) is 6.42. The van der Waals surface area contributed by atoms with Crippen molar-refractivity contribution in [3.63, 3.8) is 0 Å². The highest BCUT2D eigenvalue weighted by Crippen LogP contribution is 2.25. The highest BCUT2D eigenvalue weighted by Gasteiger charge is 2.16. The van der Waals surface area contributed by atoms with Gasteiger partial charge in [0.1, 0.15) is 0 Å². The number of hydrogen-bond donors (Lipinski definition) is 1. The van der Waals surface area contributed by atoms with Gasteiger partial charge in [-0.15, -0.1) is 0 Å². The number of piperazine rings is 1. The molecule has 0 amide bonds. The summed E-state index contributed by atoms with van der Waals surface area (Å²) in [7, 11) is 0. The lowest BCUT2D eigenvalue weighted by atomic mass is 9.85. The number of benzene rings is 1. The first-order valence-corrected chi connectivity index (χ1v) is 7.00. The molecule has 100 valence electrons. The number of aryl methyl sites for hydroxylation is 1. The topological polar surface area (TPSA) is 15.3 Å². The van der Waals surface area contributed by atoms with Crippen LogP contribution < -0.4 is 5.32 Å². The van der Waals surface area contributed by atoms with E-state index in [0.717, 1.165) is 19.6 Å². The van der Waals surface area contributed by atoms with Gasteiger partial charge in [-0.05, 0) is 29.0 Å². The largest absolute Gasteiger partial charge is 0.314 e. The third kappa shape index (κ3) is 3.33. The minimum absolute atomic E-state index is 0.242. The third-order valence-electron chi connectivity index (χ3n) is 3.82. The Kier molecular flexibility index (Phi) is 4.08. The second kappa shape index (κ2) is 5.41. The molecule has 2 nitrogen and oxygen atoms in total. The molecule has 1 aliphatic rings. The normalized spacial score (nSPS) is 18.0. The zero-order chi connectivity index (χ0) is 13.2. The van der Waals surface area contributed by atoms with Crippen LogP contribution in [0.3, 0.4) is 0 Å². The Morgan fingerprint density at radius 3 is 2.44 bits per heavy atom. The first kappa shape index (κ1) is 13.6. The fraction of sp³-hybridized carbons (Fsp3) is 0.625. The van der Waals surface area contributed by atoms with Gasteiger partial charge in [0.05, 0.1) is 0 Å². The summed E-state index contributed by atoms with van der Waals surface area (Å²) in [5.41, 5.74) is 4.59. The van der Waals surface area contributed by atoms with Gasteiger partial charge in [0.25, 0.3) is 0 Å². The summed E-state index contributed by atoms with van der Waals surface area (Å²) < 4.78 is 0. The third-order valence-corrected chi connectivity index (χ3v) is 3.82. The van der Waals surface area contributed by atoms with Gasteiger partial charge in [-0.25, -0.2) is 0 Å². The predicted octanol–water partition coefficient (Wildman–Crippen LogP) is 2.70. The van der Waals surface area contributed by atoms with E-state index in [2.05, 4.69) is 56.1 Å². The Morgan fingerprint density at radius 1 is 1.17 bits per heavy atom. The lowest BCUT2D eigenvalue weighted by Crippen LogP contribution is -2.43. The van der Waals surface area contributed by atoms with Crippen LogP contribution in [0.15, 0.2) is 18.2 Å². The molecule has 1 aromatic rings. The molecule has 0 spiro atoms. The Bertz CT molecular complexity index is 398. The van der Waals surface area contributed by atoms with Crippen molar-refractivity contribution in [3.05, 3.63) is 34.9 Å². The van der Waals surface area contributed by atoms with Crippen molar-refractivity contribution in [1.82, 2.24) is 10.2 Å². The molecule has 1 saturated heterocycles. The van der Waals surface area contributed by atoms with Gasteiger partial charge >= 0.3 is 0 Å². The summed E-state index contributed by atoms with van der Waals surface area (Å²) in [4.78, 5) is 2.55. The fourth-order valence-electron chi connectivity index (χ4n) is 2.42. The smallest absolute Gasteiger partial charge is 0.0237 e. The van der Waals surface area contributed by atoms with Crippen molar-refractivity contribution in [2.75, 3.05) is 26.2 Å². The van der Waals surface area contributed by atoms with Crippen LogP contribution in [-0.4, -0.2) is 31.1 Å². The van der Waals surface area contributed by atoms with Crippen LogP contribution in [-0.2, 0) is 12.0 Å². The number of nitrogens with one attached hydrogen (secondary N) is 1. The van der Waals surface area contributed by atoms with Crippen LogP contribution in [0.5, 0.6) is 0 Å². The van der Waals surface area contributed by atoms with E-state index in [1.807, 2.05) is 0 Å². The van der Waals surface area contributed by atoms with Gasteiger partial charge in [0, 0.05) is 32.7 Å². The molecular formula is C16H26N2. The molecule has 0 bridgehead atoms. The van der Waals surface area contributed by atoms with Crippen LogP contribution in [0.2, 0.25) is 0 Å². The number of nitrogens with zero attached hydrogens (tertiary/aromatic N) is 1. The highest BCUT2D eigenvalue weighted by atomic mass is 15.2. The molecule has 0 unspecified atom stereocenters. The standard InChI is InChI=1S/C16H26N2/c1-13-5-6-15(16(2,3)4)11-14(13)12-18-9-7-17-8-10-18/h5-6,11,17H,7-10,12H2,1-4H3. The van der Waals surface area contributed by atoms with Crippen LogP contribution in [0.25, 0.3) is 0 Å². The van der Waals surface area contributed by atoms with Crippen molar-refractivity contribution >= 4 is 0 Å². The average molecular weight is 246 g/mol. The molecule has 0 atom stereocenters. The van der Waals surface area contributed by atoms with Gasteiger partial charge in [0.15, 0.2) is 0 Å². The number of hydrogen-bond acceptors (Lipinski definition) is 2. The summed E-state index contributed by atoms with van der Waals surface area (Å²) in [6, 6.07) is 6.95. The zero-order valence-electron chi connectivity index (χ0n) is 12.2. The van der Waals surface area contributed by atoms with Crippen molar-refractivity contribution in [3.8, 4) is 0 Å². The number of rotatable bonds is 2. The molecule has 2 heteroatoms. The maximum atomic E-state index is 3.41. The Morgan fingerprint density at radius 2 is 1.83 bits per heavy atom. The van der Waals surface area contributed by atoms with Gasteiger partial charge in [0.2, 0.25) is 0 Å². The van der Waals surface area contributed by atoms with Crippen LogP contribution in [0, 0.1) is 6.92 Å². The lowest BCUT2D eigenvalue weighted by molar-refractivity contribution is 0.232. The molecule has 1 fully saturated rings. The van der Waals surface area contributed by atoms with Crippen molar-refractivity contribution in [2.24, 2.45) is 0 Å². The van der Waals surface area contributed by atoms with E-state index in [0.29, 0.717) is 0 Å². The summed E-state index contributed by atoms with van der Waals surface area (Å²) in [5.74, 6) is 0. The lowest BCUT2D eigenvalue weighted by Gasteiger charge is -2.28. The molecule has 1 aliphatic heterocycles. The fourth-order valence-corrected chi connectivity index (χ4v) is 2.42. The zero-order valence-corrected chi connectivity index (χ0v) is 12.2. The summed E-state index contributed by atoms with van der Waals surface area (Å²) in [5, 5.41) is 3.41. The molecule has 0 aromatic heterocycles. The second-order valence-electron chi connectivity index (χ2n) is 6.42. The quantitative estimate of drug-likeness (QED) is 0.863. The first-order chi connectivity index (χ1) is 8.47. The Balaban J connectivity index is 2.15. The van der Waals surface area contributed by atoms with Gasteiger partial charge in [-0.1, -0.05) is 39.0 Å². The van der Waals surface area contributed by atoms with E-state index >= 15 is 0 Å². The summed E-state index contributed by atoms with van der Waals surface area (Å²) >= 11 is 0. The molecule has 1 aromatic carbocycles. The van der Waals surface area contributed by atoms with Crippen molar-refractivity contribution < 1.29 is 0 Å². The van der Waals surface area contributed by atoms with E-state index in [-0.39, 0.29) is 5.41 Å². The van der Waals surface area contributed by atoms with E-state index in [4.69, 9.17) is 0 Å². The monoisotopic (exact) mass is 246 g/mol. The van der Waals surface area contributed by atoms with E-state index in [1.165, 1.54) is 29.8 Å². The molecule has 1 N–H and O–H groups in total. The predicted molar refractivity (Wildman–Crippen MR) is 78.0 cm³/mol. The highest BCUT2D eigenvalue weighted by molar-refractivity contribution is 5.34. The maximum Gasteiger partial charge on any atom is 0.0237 e. The maximum absolute atomic E-state index is 3.41. The molecule has 1 heterocycles. The summed E-state index contributed by atoms with van der Waals surface area (Å²) in [6.07, 6.45) is 0. The molecule has 2 rings (SSSR count). The minimum atomic E-state index is 0.242. The molecule has 0 radical (unpaired) electrons. The molecule has 18 heavy (non-hydrogen) atoms. The SMILES string of the molecule is Cc1ccc(C(C)(C)C)cc1CN1CCNCC1.